The highest BCUT2D eigenvalue weighted by Gasteiger charge is 2.36. The van der Waals surface area contributed by atoms with Crippen molar-refractivity contribution in [2.45, 2.75) is 19.3 Å². The highest BCUT2D eigenvalue weighted by molar-refractivity contribution is 6.00. The second-order valence-electron chi connectivity index (χ2n) is 8.92. The first-order valence-corrected chi connectivity index (χ1v) is 11.3. The minimum atomic E-state index is -0.571. The van der Waals surface area contributed by atoms with Gasteiger partial charge in [-0.2, -0.15) is 0 Å². The van der Waals surface area contributed by atoms with Gasteiger partial charge in [-0.05, 0) is 70.8 Å². The van der Waals surface area contributed by atoms with Gasteiger partial charge in [0.05, 0.1) is 12.5 Å². The molecule has 0 aliphatic heterocycles. The number of furan rings is 2. The number of fused-ring (bicyclic) bond motifs is 3. The highest BCUT2D eigenvalue weighted by atomic mass is 16.3. The van der Waals surface area contributed by atoms with Crippen LogP contribution in [0.4, 0.5) is 0 Å². The highest BCUT2D eigenvalue weighted by Crippen LogP contribution is 2.49. The van der Waals surface area contributed by atoms with E-state index in [2.05, 4.69) is 21.7 Å². The van der Waals surface area contributed by atoms with Crippen molar-refractivity contribution in [2.75, 3.05) is 0 Å². The molecule has 1 aliphatic carbocycles. The van der Waals surface area contributed by atoms with Crippen molar-refractivity contribution >= 4 is 23.6 Å². The molecular formula is C27H22N4O6. The van der Waals surface area contributed by atoms with Crippen molar-refractivity contribution in [1.29, 1.82) is 0 Å². The average molecular weight is 498 g/mol. The zero-order chi connectivity index (χ0) is 26.2. The number of rotatable bonds is 4. The average Bonchev–Trinajstić information content (AvgIpc) is 3.67. The second kappa shape index (κ2) is 9.15. The van der Waals surface area contributed by atoms with Gasteiger partial charge in [0.1, 0.15) is 0 Å². The van der Waals surface area contributed by atoms with Crippen molar-refractivity contribution in [3.63, 3.8) is 0 Å². The molecule has 2 heterocycles. The van der Waals surface area contributed by atoms with E-state index in [1.165, 1.54) is 24.7 Å². The topological polar surface area (TPSA) is 143 Å². The number of hydrazine groups is 2. The molecule has 0 spiro atoms. The summed E-state index contributed by atoms with van der Waals surface area (Å²) in [5, 5.41) is 0. The maximum atomic E-state index is 12.7. The Morgan fingerprint density at radius 3 is 1.38 bits per heavy atom. The molecule has 0 atom stereocenters. The molecule has 37 heavy (non-hydrogen) atoms. The molecule has 4 amide bonds. The normalized spacial score (nSPS) is 12.7. The van der Waals surface area contributed by atoms with Crippen LogP contribution in [0.25, 0.3) is 11.1 Å². The summed E-state index contributed by atoms with van der Waals surface area (Å²) in [5.41, 5.74) is 13.3. The van der Waals surface area contributed by atoms with Gasteiger partial charge in [0, 0.05) is 16.5 Å². The van der Waals surface area contributed by atoms with E-state index < -0.39 is 29.0 Å². The number of hydrogen-bond donors (Lipinski definition) is 4. The number of amides is 4. The van der Waals surface area contributed by atoms with E-state index in [-0.39, 0.29) is 11.5 Å². The molecule has 10 heteroatoms. The lowest BCUT2D eigenvalue weighted by molar-refractivity contribution is 0.0831. The van der Waals surface area contributed by atoms with Crippen LogP contribution in [0.1, 0.15) is 66.8 Å². The van der Waals surface area contributed by atoms with Crippen molar-refractivity contribution in [3.8, 4) is 11.1 Å². The molecule has 0 saturated heterocycles. The molecule has 1 aliphatic rings. The SMILES string of the molecule is CC1(C)c2cc(C(=O)NNC(=O)c3ccco3)ccc2-c2ccc(C(=O)NNC(=O)c3ccco3)cc21. The summed E-state index contributed by atoms with van der Waals surface area (Å²) in [6.07, 6.45) is 2.73. The lowest BCUT2D eigenvalue weighted by Gasteiger charge is -2.22. The van der Waals surface area contributed by atoms with Gasteiger partial charge >= 0.3 is 11.8 Å². The predicted molar refractivity (Wildman–Crippen MR) is 131 cm³/mol. The van der Waals surface area contributed by atoms with Crippen LogP contribution in [0.5, 0.6) is 0 Å². The summed E-state index contributed by atoms with van der Waals surface area (Å²) in [4.78, 5) is 49.5. The molecule has 0 unspecified atom stereocenters. The molecule has 4 aromatic rings. The van der Waals surface area contributed by atoms with Crippen molar-refractivity contribution in [2.24, 2.45) is 0 Å². The summed E-state index contributed by atoms with van der Waals surface area (Å²) in [6, 6.07) is 16.7. The molecule has 5 rings (SSSR count). The lowest BCUT2D eigenvalue weighted by Crippen LogP contribution is -2.41. The van der Waals surface area contributed by atoms with Crippen molar-refractivity contribution in [1.82, 2.24) is 21.7 Å². The molecule has 4 N–H and O–H groups in total. The van der Waals surface area contributed by atoms with E-state index in [1.54, 1.807) is 36.4 Å². The zero-order valence-corrected chi connectivity index (χ0v) is 19.9. The maximum absolute atomic E-state index is 12.7. The van der Waals surface area contributed by atoms with E-state index >= 15 is 0 Å². The van der Waals surface area contributed by atoms with Crippen LogP contribution in [0, 0.1) is 0 Å². The Hall–Kier alpha value is -5.12. The molecule has 0 bridgehead atoms. The molecule has 0 radical (unpaired) electrons. The summed E-state index contributed by atoms with van der Waals surface area (Å²) < 4.78 is 10.0. The second-order valence-corrected chi connectivity index (χ2v) is 8.92. The Labute approximate surface area is 211 Å². The Morgan fingerprint density at radius 2 is 1.00 bits per heavy atom. The van der Waals surface area contributed by atoms with E-state index in [1.807, 2.05) is 26.0 Å². The first-order valence-electron chi connectivity index (χ1n) is 11.3. The van der Waals surface area contributed by atoms with Crippen LogP contribution in [0.3, 0.4) is 0 Å². The Morgan fingerprint density at radius 1 is 0.595 bits per heavy atom. The van der Waals surface area contributed by atoms with Crippen molar-refractivity contribution in [3.05, 3.63) is 107 Å². The molecule has 0 fully saturated rings. The van der Waals surface area contributed by atoms with Crippen LogP contribution in [0.15, 0.2) is 82.0 Å². The van der Waals surface area contributed by atoms with Crippen LogP contribution in [-0.4, -0.2) is 23.6 Å². The Balaban J connectivity index is 1.31. The summed E-state index contributed by atoms with van der Waals surface area (Å²) >= 11 is 0. The smallest absolute Gasteiger partial charge is 0.305 e. The van der Waals surface area contributed by atoms with E-state index in [0.29, 0.717) is 11.1 Å². The predicted octanol–water partition coefficient (Wildman–Crippen LogP) is 3.33. The largest absolute Gasteiger partial charge is 0.459 e. The summed E-state index contributed by atoms with van der Waals surface area (Å²) in [7, 11) is 0. The minimum absolute atomic E-state index is 0.0752. The van der Waals surface area contributed by atoms with Gasteiger partial charge in [-0.25, -0.2) is 0 Å². The Bertz CT molecular complexity index is 1410. The van der Waals surface area contributed by atoms with Crippen LogP contribution >= 0.6 is 0 Å². The molecule has 186 valence electrons. The number of nitrogens with one attached hydrogen (secondary N) is 4. The number of carbonyl (C=O) groups is 4. The van der Waals surface area contributed by atoms with Crippen LogP contribution < -0.4 is 21.7 Å². The van der Waals surface area contributed by atoms with Crippen molar-refractivity contribution < 1.29 is 28.0 Å². The van der Waals surface area contributed by atoms with Gasteiger partial charge < -0.3 is 8.83 Å². The standard InChI is InChI=1S/C27H22N4O6/c1-27(2)19-13-15(23(32)28-30-25(34)21-5-3-11-36-21)7-9-17(19)18-10-8-16(14-20(18)27)24(33)29-31-26(35)22-6-4-12-37-22/h3-14H,1-2H3,(H,28,32)(H,29,33)(H,30,34)(H,31,35). The van der Waals surface area contributed by atoms with E-state index in [4.69, 9.17) is 8.83 Å². The van der Waals surface area contributed by atoms with Gasteiger partial charge in [-0.3, -0.25) is 40.9 Å². The molecule has 0 saturated carbocycles. The monoisotopic (exact) mass is 498 g/mol. The number of hydrogen-bond acceptors (Lipinski definition) is 6. The van der Waals surface area contributed by atoms with Gasteiger partial charge in [-0.1, -0.05) is 26.0 Å². The minimum Gasteiger partial charge on any atom is -0.459 e. The maximum Gasteiger partial charge on any atom is 0.305 e. The fraction of sp³-hybridized carbons (Fsp3) is 0.111. The van der Waals surface area contributed by atoms with Gasteiger partial charge in [0.25, 0.3) is 11.8 Å². The molecular weight excluding hydrogens is 476 g/mol. The van der Waals surface area contributed by atoms with Gasteiger partial charge in [0.2, 0.25) is 0 Å². The zero-order valence-electron chi connectivity index (χ0n) is 19.9. The van der Waals surface area contributed by atoms with E-state index in [9.17, 15) is 19.2 Å². The number of benzene rings is 2. The van der Waals surface area contributed by atoms with E-state index in [0.717, 1.165) is 22.3 Å². The van der Waals surface area contributed by atoms with Gasteiger partial charge in [-0.15, -0.1) is 0 Å². The third-order valence-electron chi connectivity index (χ3n) is 6.27. The molecule has 2 aromatic heterocycles. The molecule has 10 nitrogen and oxygen atoms in total. The quantitative estimate of drug-likeness (QED) is 0.318. The Kier molecular flexibility index (Phi) is 5.84. The first kappa shape index (κ1) is 23.6. The van der Waals surface area contributed by atoms with Gasteiger partial charge in [0.15, 0.2) is 11.5 Å². The fourth-order valence-electron chi connectivity index (χ4n) is 4.33. The number of carbonyl (C=O) groups excluding carboxylic acids is 4. The fourth-order valence-corrected chi connectivity index (χ4v) is 4.33. The first-order chi connectivity index (χ1) is 17.8. The summed E-state index contributed by atoms with van der Waals surface area (Å²) in [5.74, 6) is -1.96. The van der Waals surface area contributed by atoms with Crippen LogP contribution in [0.2, 0.25) is 0 Å². The lowest BCUT2D eigenvalue weighted by atomic mass is 9.81. The summed E-state index contributed by atoms with van der Waals surface area (Å²) in [6.45, 7) is 4.00. The van der Waals surface area contributed by atoms with Crippen LogP contribution in [-0.2, 0) is 5.41 Å². The third-order valence-corrected chi connectivity index (χ3v) is 6.27. The third kappa shape index (κ3) is 4.36. The molecule has 2 aromatic carbocycles.